The molecule has 0 aromatic heterocycles. The molecule has 0 aromatic carbocycles. The first-order chi connectivity index (χ1) is 13.7. The minimum Gasteiger partial charge on any atom is -0.393 e. The van der Waals surface area contributed by atoms with Gasteiger partial charge in [0.05, 0.1) is 6.10 Å². The van der Waals surface area contributed by atoms with Crippen LogP contribution in [0.3, 0.4) is 0 Å². The van der Waals surface area contributed by atoms with Crippen LogP contribution < -0.4 is 0 Å². The Balaban J connectivity index is 1.46. The zero-order valence-electron chi connectivity index (χ0n) is 20.4. The number of fused-ring (bicyclic) bond motifs is 5. The van der Waals surface area contributed by atoms with Crippen LogP contribution in [0, 0.1) is 58.2 Å². The first kappa shape index (κ1) is 22.2. The largest absolute Gasteiger partial charge is 0.393 e. The molecule has 0 bridgehead atoms. The average molecular weight is 403 g/mol. The van der Waals surface area contributed by atoms with E-state index in [9.17, 15) is 5.11 Å². The van der Waals surface area contributed by atoms with Gasteiger partial charge < -0.3 is 5.11 Å². The summed E-state index contributed by atoms with van der Waals surface area (Å²) in [4.78, 5) is 0. The lowest BCUT2D eigenvalue weighted by Gasteiger charge is -2.61. The normalized spacial score (nSPS) is 49.2. The van der Waals surface area contributed by atoms with E-state index < -0.39 is 0 Å². The molecule has 0 aromatic rings. The summed E-state index contributed by atoms with van der Waals surface area (Å²) in [6, 6.07) is 0. The third-order valence-electron chi connectivity index (χ3n) is 11.6. The molecular weight excluding hydrogens is 352 g/mol. The Kier molecular flexibility index (Phi) is 6.22. The molecule has 0 heterocycles. The van der Waals surface area contributed by atoms with Gasteiger partial charge in [0.25, 0.3) is 0 Å². The summed E-state index contributed by atoms with van der Waals surface area (Å²) in [6.07, 6.45) is 15.1. The zero-order chi connectivity index (χ0) is 21.0. The molecule has 4 aliphatic rings. The Bertz CT molecular complexity index is 569. The summed E-state index contributed by atoms with van der Waals surface area (Å²) >= 11 is 0. The number of hydrogen-bond donors (Lipinski definition) is 1. The third-order valence-corrected chi connectivity index (χ3v) is 11.6. The minimum absolute atomic E-state index is 0.0107. The van der Waals surface area contributed by atoms with Crippen molar-refractivity contribution in [2.75, 3.05) is 0 Å². The van der Waals surface area contributed by atoms with Crippen molar-refractivity contribution >= 4 is 0 Å². The lowest BCUT2D eigenvalue weighted by molar-refractivity contribution is -0.129. The monoisotopic (exact) mass is 402 g/mol. The van der Waals surface area contributed by atoms with Crippen molar-refractivity contribution in [1.29, 1.82) is 0 Å². The van der Waals surface area contributed by atoms with E-state index in [1.807, 2.05) is 0 Å². The second-order valence-corrected chi connectivity index (χ2v) is 13.1. The van der Waals surface area contributed by atoms with Crippen LogP contribution in [0.25, 0.3) is 0 Å². The molecule has 4 saturated carbocycles. The van der Waals surface area contributed by atoms with Crippen molar-refractivity contribution in [2.24, 2.45) is 58.2 Å². The number of aliphatic hydroxyl groups is 1. The van der Waals surface area contributed by atoms with Gasteiger partial charge >= 0.3 is 0 Å². The Morgan fingerprint density at radius 3 is 2.21 bits per heavy atom. The van der Waals surface area contributed by atoms with E-state index in [0.29, 0.717) is 10.8 Å². The summed E-state index contributed by atoms with van der Waals surface area (Å²) in [5, 5.41) is 10.3. The average Bonchev–Trinajstić information content (AvgIpc) is 3.03. The molecule has 0 amide bonds. The standard InChI is InChI=1S/C28H50O/c1-18(2)19(3)7-8-20(4)24-11-12-25-23-10-9-21-17-22(29)13-15-27(21,5)26(23)14-16-28(24,25)6/h18-26,29H,7-17H2,1-6H3. The first-order valence-corrected chi connectivity index (χ1v) is 13.3. The quantitative estimate of drug-likeness (QED) is 0.499. The highest BCUT2D eigenvalue weighted by Gasteiger charge is 2.60. The fourth-order valence-electron chi connectivity index (χ4n) is 9.27. The predicted molar refractivity (Wildman–Crippen MR) is 124 cm³/mol. The van der Waals surface area contributed by atoms with Crippen molar-refractivity contribution < 1.29 is 5.11 Å². The highest BCUT2D eigenvalue weighted by atomic mass is 16.3. The maximum Gasteiger partial charge on any atom is 0.0543 e. The van der Waals surface area contributed by atoms with Crippen LogP contribution in [0.2, 0.25) is 0 Å². The molecule has 4 aliphatic carbocycles. The van der Waals surface area contributed by atoms with E-state index in [4.69, 9.17) is 0 Å². The van der Waals surface area contributed by atoms with E-state index >= 15 is 0 Å². The molecule has 4 rings (SSSR count). The van der Waals surface area contributed by atoms with E-state index in [1.54, 1.807) is 0 Å². The molecule has 0 spiro atoms. The topological polar surface area (TPSA) is 20.2 Å². The van der Waals surface area contributed by atoms with Crippen molar-refractivity contribution in [3.8, 4) is 0 Å². The molecule has 1 N–H and O–H groups in total. The highest BCUT2D eigenvalue weighted by Crippen LogP contribution is 2.68. The van der Waals surface area contributed by atoms with Crippen LogP contribution in [0.5, 0.6) is 0 Å². The van der Waals surface area contributed by atoms with Gasteiger partial charge in [-0.25, -0.2) is 0 Å². The Morgan fingerprint density at radius 2 is 1.48 bits per heavy atom. The molecule has 1 nitrogen and oxygen atoms in total. The minimum atomic E-state index is -0.0107. The second kappa shape index (κ2) is 8.14. The third kappa shape index (κ3) is 3.74. The maximum absolute atomic E-state index is 10.3. The lowest BCUT2D eigenvalue weighted by Crippen LogP contribution is -2.54. The van der Waals surface area contributed by atoms with Crippen molar-refractivity contribution in [2.45, 2.75) is 118 Å². The molecule has 0 radical (unpaired) electrons. The molecular formula is C28H50O. The van der Waals surface area contributed by atoms with Crippen molar-refractivity contribution in [3.05, 3.63) is 0 Å². The molecule has 0 aliphatic heterocycles. The van der Waals surface area contributed by atoms with E-state index in [1.165, 1.54) is 57.8 Å². The fraction of sp³-hybridized carbons (Fsp3) is 1.00. The molecule has 0 saturated heterocycles. The highest BCUT2D eigenvalue weighted by molar-refractivity contribution is 5.09. The van der Waals surface area contributed by atoms with Crippen LogP contribution in [0.4, 0.5) is 0 Å². The second-order valence-electron chi connectivity index (χ2n) is 13.1. The van der Waals surface area contributed by atoms with Gasteiger partial charge in [-0.15, -0.1) is 0 Å². The van der Waals surface area contributed by atoms with Gasteiger partial charge in [-0.05, 0) is 116 Å². The number of hydrogen-bond acceptors (Lipinski definition) is 1. The van der Waals surface area contributed by atoms with E-state index in [0.717, 1.165) is 60.2 Å². The number of aliphatic hydroxyl groups excluding tert-OH is 1. The van der Waals surface area contributed by atoms with Gasteiger partial charge in [0.15, 0.2) is 0 Å². The van der Waals surface area contributed by atoms with Gasteiger partial charge in [0.2, 0.25) is 0 Å². The SMILES string of the molecule is CC(C)C(C)CCC(C)C1CCC2C3CCC4CC(O)CCC4(C)C3CCC12C. The van der Waals surface area contributed by atoms with Crippen LogP contribution in [-0.4, -0.2) is 11.2 Å². The number of rotatable bonds is 5. The molecule has 29 heavy (non-hydrogen) atoms. The van der Waals surface area contributed by atoms with Crippen molar-refractivity contribution in [3.63, 3.8) is 0 Å². The van der Waals surface area contributed by atoms with Gasteiger partial charge in [-0.1, -0.05) is 54.4 Å². The molecule has 168 valence electrons. The summed E-state index contributed by atoms with van der Waals surface area (Å²) in [5.41, 5.74) is 1.14. The van der Waals surface area contributed by atoms with E-state index in [-0.39, 0.29) is 6.10 Å². The smallest absolute Gasteiger partial charge is 0.0543 e. The van der Waals surface area contributed by atoms with Gasteiger partial charge in [0.1, 0.15) is 0 Å². The zero-order valence-corrected chi connectivity index (χ0v) is 20.4. The van der Waals surface area contributed by atoms with Gasteiger partial charge in [0, 0.05) is 0 Å². The van der Waals surface area contributed by atoms with Crippen LogP contribution >= 0.6 is 0 Å². The summed E-state index contributed by atoms with van der Waals surface area (Å²) in [6.45, 7) is 15.2. The molecule has 10 unspecified atom stereocenters. The summed E-state index contributed by atoms with van der Waals surface area (Å²) in [5.74, 6) is 7.28. The van der Waals surface area contributed by atoms with Crippen LogP contribution in [-0.2, 0) is 0 Å². The Morgan fingerprint density at radius 1 is 0.793 bits per heavy atom. The Hall–Kier alpha value is -0.0400. The first-order valence-electron chi connectivity index (χ1n) is 13.3. The van der Waals surface area contributed by atoms with Crippen LogP contribution in [0.1, 0.15) is 112 Å². The van der Waals surface area contributed by atoms with Crippen molar-refractivity contribution in [1.82, 2.24) is 0 Å². The maximum atomic E-state index is 10.3. The summed E-state index contributed by atoms with van der Waals surface area (Å²) in [7, 11) is 0. The predicted octanol–water partition coefficient (Wildman–Crippen LogP) is 7.71. The molecule has 10 atom stereocenters. The Labute approximate surface area is 181 Å². The van der Waals surface area contributed by atoms with E-state index in [2.05, 4.69) is 41.5 Å². The van der Waals surface area contributed by atoms with Gasteiger partial charge in [-0.2, -0.15) is 0 Å². The molecule has 1 heteroatoms. The lowest BCUT2D eigenvalue weighted by atomic mass is 9.44. The molecule has 4 fully saturated rings. The van der Waals surface area contributed by atoms with Gasteiger partial charge in [-0.3, -0.25) is 0 Å². The fourth-order valence-corrected chi connectivity index (χ4v) is 9.27. The summed E-state index contributed by atoms with van der Waals surface area (Å²) < 4.78 is 0. The van der Waals surface area contributed by atoms with Crippen LogP contribution in [0.15, 0.2) is 0 Å².